The zero-order valence-corrected chi connectivity index (χ0v) is 22.1. The van der Waals surface area contributed by atoms with Crippen molar-refractivity contribution in [1.82, 2.24) is 0 Å². The number of phenols is 1. The number of rotatable bonds is 3. The first kappa shape index (κ1) is 26.8. The molecule has 1 saturated carbocycles. The van der Waals surface area contributed by atoms with E-state index in [1.54, 1.807) is 49.3 Å². The first-order valence-corrected chi connectivity index (χ1v) is 12.6. The third-order valence-corrected chi connectivity index (χ3v) is 7.93. The van der Waals surface area contributed by atoms with E-state index in [2.05, 4.69) is 11.8 Å². The maximum atomic E-state index is 13.8. The number of carbonyl (C=O) groups is 3. The first-order valence-electron chi connectivity index (χ1n) is 12.6. The second-order valence-corrected chi connectivity index (χ2v) is 10.4. The first-order chi connectivity index (χ1) is 18.9. The Morgan fingerprint density at radius 3 is 2.50 bits per heavy atom. The number of methoxy groups -OCH3 is 1. The number of fused-ring (bicyclic) bond motifs is 3. The van der Waals surface area contributed by atoms with Gasteiger partial charge in [-0.1, -0.05) is 17.9 Å². The largest absolute Gasteiger partial charge is 0.508 e. The molecule has 0 aromatic heterocycles. The van der Waals surface area contributed by atoms with Crippen molar-refractivity contribution in [2.75, 3.05) is 26.1 Å². The SMILES string of the molecule is COc1cccc(C#Cc2cc(N(C)C)c3c(c2O)C(O)=C2C(=O)C4(O)C(O)=C(C(N)=O)C(=O)CC4CC2C3)c1. The molecule has 40 heavy (non-hydrogen) atoms. The van der Waals surface area contributed by atoms with Crippen LogP contribution in [0.15, 0.2) is 47.2 Å². The van der Waals surface area contributed by atoms with Crippen LogP contribution >= 0.6 is 0 Å². The number of primary amides is 1. The maximum absolute atomic E-state index is 13.8. The number of benzene rings is 2. The highest BCUT2D eigenvalue weighted by molar-refractivity contribution is 6.22. The van der Waals surface area contributed by atoms with Crippen molar-refractivity contribution in [2.45, 2.75) is 24.9 Å². The number of nitrogens with two attached hydrogens (primary N) is 1. The number of hydrogen-bond donors (Lipinski definition) is 5. The van der Waals surface area contributed by atoms with Gasteiger partial charge in [0, 0.05) is 43.3 Å². The fraction of sp³-hybridized carbons (Fsp3) is 0.300. The van der Waals surface area contributed by atoms with Crippen LogP contribution in [0.25, 0.3) is 5.76 Å². The minimum atomic E-state index is -2.61. The summed E-state index contributed by atoms with van der Waals surface area (Å²) in [6, 6.07) is 8.74. The van der Waals surface area contributed by atoms with Gasteiger partial charge in [-0.3, -0.25) is 14.4 Å². The highest BCUT2D eigenvalue weighted by Crippen LogP contribution is 2.53. The number of anilines is 1. The average molecular weight is 545 g/mol. The van der Waals surface area contributed by atoms with Crippen LogP contribution in [0.2, 0.25) is 0 Å². The summed E-state index contributed by atoms with van der Waals surface area (Å²) in [5.74, 6) is -0.209. The molecule has 0 radical (unpaired) electrons. The van der Waals surface area contributed by atoms with Gasteiger partial charge < -0.3 is 35.8 Å². The number of ether oxygens (including phenoxy) is 1. The van der Waals surface area contributed by atoms with Gasteiger partial charge in [0.1, 0.15) is 28.6 Å². The molecule has 2 aromatic rings. The summed E-state index contributed by atoms with van der Waals surface area (Å²) in [5.41, 5.74) is 3.64. The van der Waals surface area contributed by atoms with Crippen LogP contribution in [0.1, 0.15) is 35.1 Å². The number of phenolic OH excluding ortho intramolecular Hbond substituents is 1. The summed E-state index contributed by atoms with van der Waals surface area (Å²) in [4.78, 5) is 39.9. The molecule has 3 aliphatic rings. The van der Waals surface area contributed by atoms with Crippen molar-refractivity contribution in [2.24, 2.45) is 17.6 Å². The Morgan fingerprint density at radius 1 is 1.12 bits per heavy atom. The van der Waals surface area contributed by atoms with Gasteiger partial charge in [0.05, 0.1) is 18.2 Å². The number of amides is 1. The molecule has 1 amide bonds. The van der Waals surface area contributed by atoms with Gasteiger partial charge in [0.2, 0.25) is 5.78 Å². The predicted molar refractivity (Wildman–Crippen MR) is 145 cm³/mol. The van der Waals surface area contributed by atoms with E-state index >= 15 is 0 Å². The monoisotopic (exact) mass is 544 g/mol. The van der Waals surface area contributed by atoms with Gasteiger partial charge in [-0.15, -0.1) is 0 Å². The number of ketones is 2. The Morgan fingerprint density at radius 2 is 1.85 bits per heavy atom. The van der Waals surface area contributed by atoms with Crippen LogP contribution in [0.4, 0.5) is 5.69 Å². The van der Waals surface area contributed by atoms with Crippen LogP contribution < -0.4 is 15.4 Å². The normalized spacial score (nSPS) is 23.5. The van der Waals surface area contributed by atoms with E-state index in [0.717, 1.165) is 0 Å². The molecule has 0 aliphatic heterocycles. The Bertz CT molecular complexity index is 1620. The number of hydrogen-bond acceptors (Lipinski definition) is 9. The lowest BCUT2D eigenvalue weighted by Gasteiger charge is -2.46. The summed E-state index contributed by atoms with van der Waals surface area (Å²) in [6.45, 7) is 0. The van der Waals surface area contributed by atoms with Gasteiger partial charge in [-0.05, 0) is 48.6 Å². The topological polar surface area (TPSA) is 171 Å². The van der Waals surface area contributed by atoms with Crippen molar-refractivity contribution in [3.63, 3.8) is 0 Å². The molecule has 0 bridgehead atoms. The lowest BCUT2D eigenvalue weighted by Crippen LogP contribution is -2.58. The third kappa shape index (κ3) is 3.89. The van der Waals surface area contributed by atoms with E-state index in [0.29, 0.717) is 22.6 Å². The van der Waals surface area contributed by atoms with E-state index in [1.807, 2.05) is 0 Å². The molecule has 3 atom stereocenters. The maximum Gasteiger partial charge on any atom is 0.255 e. The van der Waals surface area contributed by atoms with Crippen molar-refractivity contribution < 1.29 is 39.5 Å². The van der Waals surface area contributed by atoms with Crippen molar-refractivity contribution in [1.29, 1.82) is 0 Å². The molecule has 0 heterocycles. The molecule has 2 aromatic carbocycles. The van der Waals surface area contributed by atoms with Crippen LogP contribution in [-0.2, 0) is 20.8 Å². The summed E-state index contributed by atoms with van der Waals surface area (Å²) >= 11 is 0. The molecule has 6 N–H and O–H groups in total. The van der Waals surface area contributed by atoms with E-state index in [-0.39, 0.29) is 41.7 Å². The molecule has 1 fully saturated rings. The van der Waals surface area contributed by atoms with Gasteiger partial charge in [0.25, 0.3) is 5.91 Å². The zero-order valence-electron chi connectivity index (χ0n) is 22.1. The van der Waals surface area contributed by atoms with Crippen LogP contribution in [0, 0.1) is 23.7 Å². The molecule has 10 heteroatoms. The van der Waals surface area contributed by atoms with E-state index < -0.39 is 52.0 Å². The molecule has 3 aliphatic carbocycles. The minimum absolute atomic E-state index is 0.00623. The summed E-state index contributed by atoms with van der Waals surface area (Å²) in [6.07, 6.45) is -0.0977. The van der Waals surface area contributed by atoms with E-state index in [9.17, 15) is 34.8 Å². The van der Waals surface area contributed by atoms with Crippen molar-refractivity contribution >= 4 is 28.9 Å². The average Bonchev–Trinajstić information content (AvgIpc) is 2.90. The number of Topliss-reactive ketones (excluding diaryl/α,β-unsaturated/α-hetero) is 2. The van der Waals surface area contributed by atoms with Crippen LogP contribution in [0.3, 0.4) is 0 Å². The van der Waals surface area contributed by atoms with Gasteiger partial charge >= 0.3 is 0 Å². The number of nitrogens with zero attached hydrogens (tertiary/aromatic N) is 1. The smallest absolute Gasteiger partial charge is 0.255 e. The molecule has 10 nitrogen and oxygen atoms in total. The third-order valence-electron chi connectivity index (χ3n) is 7.93. The highest BCUT2D eigenvalue weighted by atomic mass is 16.5. The zero-order chi connectivity index (χ0) is 29.1. The Balaban J connectivity index is 1.69. The molecule has 5 rings (SSSR count). The van der Waals surface area contributed by atoms with E-state index in [1.165, 1.54) is 7.11 Å². The predicted octanol–water partition coefficient (Wildman–Crippen LogP) is 1.90. The van der Waals surface area contributed by atoms with Crippen molar-refractivity contribution in [3.8, 4) is 23.3 Å². The lowest BCUT2D eigenvalue weighted by molar-refractivity contribution is -0.147. The second kappa shape index (κ2) is 9.47. The highest BCUT2D eigenvalue weighted by Gasteiger charge is 2.60. The second-order valence-electron chi connectivity index (χ2n) is 10.4. The molecular formula is C30H28N2O8. The Labute approximate surface area is 230 Å². The van der Waals surface area contributed by atoms with E-state index in [4.69, 9.17) is 10.5 Å². The number of aliphatic hydroxyl groups is 3. The molecule has 0 spiro atoms. The standard InChI is InChI=1S/C30H28N2O8/c1-32(2)20-12-15(8-7-14-5-4-6-18(9-14)40-3)25(34)23-19(20)11-16-10-17-13-21(33)24(29(31)38)28(37)30(17,39)27(36)22(16)26(23)35/h4-6,9,12,16-17,34-35,37,39H,10-11,13H2,1-3H3,(H2,31,38). The van der Waals surface area contributed by atoms with Crippen LogP contribution in [-0.4, -0.2) is 64.7 Å². The number of carbonyl (C=O) groups excluding carboxylic acids is 3. The van der Waals surface area contributed by atoms with Gasteiger partial charge in [-0.25, -0.2) is 0 Å². The summed E-state index contributed by atoms with van der Waals surface area (Å²) in [7, 11) is 5.12. The fourth-order valence-electron chi connectivity index (χ4n) is 6.00. The fourth-order valence-corrected chi connectivity index (χ4v) is 6.00. The Hall–Kier alpha value is -4.75. The molecule has 206 valence electrons. The lowest BCUT2D eigenvalue weighted by atomic mass is 9.59. The van der Waals surface area contributed by atoms with Crippen molar-refractivity contribution in [3.05, 3.63) is 69.5 Å². The minimum Gasteiger partial charge on any atom is -0.508 e. The number of aromatic hydroxyl groups is 1. The van der Waals surface area contributed by atoms with Crippen LogP contribution in [0.5, 0.6) is 11.5 Å². The molecule has 3 unspecified atom stereocenters. The quantitative estimate of drug-likeness (QED) is 0.286. The van der Waals surface area contributed by atoms with Gasteiger partial charge in [0.15, 0.2) is 11.4 Å². The molecular weight excluding hydrogens is 516 g/mol. The number of aliphatic hydroxyl groups excluding tert-OH is 2. The Kier molecular flexibility index (Phi) is 6.35. The molecule has 0 saturated heterocycles. The van der Waals surface area contributed by atoms with Gasteiger partial charge in [-0.2, -0.15) is 0 Å². The summed E-state index contributed by atoms with van der Waals surface area (Å²) < 4.78 is 5.23. The summed E-state index contributed by atoms with van der Waals surface area (Å²) in [5, 5.41) is 44.9.